The summed E-state index contributed by atoms with van der Waals surface area (Å²) in [7, 11) is 0. The number of amides is 1. The highest BCUT2D eigenvalue weighted by Crippen LogP contribution is 2.38. The van der Waals surface area contributed by atoms with Gasteiger partial charge in [-0.3, -0.25) is 0 Å². The van der Waals surface area contributed by atoms with Gasteiger partial charge in [0.2, 0.25) is 5.88 Å². The Morgan fingerprint density at radius 1 is 1.25 bits per heavy atom. The predicted octanol–water partition coefficient (Wildman–Crippen LogP) is 5.90. The van der Waals surface area contributed by atoms with Crippen molar-refractivity contribution in [3.63, 3.8) is 0 Å². The van der Waals surface area contributed by atoms with Crippen LogP contribution in [-0.4, -0.2) is 65.0 Å². The molecular formula is C26H38ClFN4O4. The Hall–Kier alpha value is -2.39. The molecule has 2 aromatic rings. The number of hydrogen-bond donors (Lipinski definition) is 1. The zero-order valence-corrected chi connectivity index (χ0v) is 23.3. The summed E-state index contributed by atoms with van der Waals surface area (Å²) in [5.74, 6) is -0.0456. The van der Waals surface area contributed by atoms with E-state index in [0.29, 0.717) is 54.2 Å². The quantitative estimate of drug-likeness (QED) is 0.498. The molecule has 10 heteroatoms. The maximum absolute atomic E-state index is 15.3. The Balaban J connectivity index is 2.19. The van der Waals surface area contributed by atoms with E-state index in [9.17, 15) is 4.79 Å². The molecule has 200 valence electrons. The van der Waals surface area contributed by atoms with E-state index < -0.39 is 17.5 Å². The molecule has 1 aliphatic heterocycles. The number of carbonyl (C=O) groups excluding carboxylic acids is 1. The fraction of sp³-hybridized carbons (Fsp3) is 0.654. The number of rotatable bonds is 4. The lowest BCUT2D eigenvalue weighted by molar-refractivity contribution is -0.00587. The lowest BCUT2D eigenvalue weighted by Crippen LogP contribution is -2.51. The Bertz CT molecular complexity index is 1100. The molecule has 0 spiro atoms. The van der Waals surface area contributed by atoms with Crippen LogP contribution >= 0.6 is 11.6 Å². The maximum atomic E-state index is 15.3. The second kappa shape index (κ2) is 11.3. The van der Waals surface area contributed by atoms with Crippen LogP contribution in [0.1, 0.15) is 59.2 Å². The minimum Gasteiger partial charge on any atom is -0.474 e. The molecule has 3 unspecified atom stereocenters. The van der Waals surface area contributed by atoms with E-state index in [2.05, 4.69) is 10.3 Å². The van der Waals surface area contributed by atoms with Gasteiger partial charge in [0.1, 0.15) is 17.5 Å². The zero-order chi connectivity index (χ0) is 26.8. The lowest BCUT2D eigenvalue weighted by atomic mass is 9.99. The van der Waals surface area contributed by atoms with Crippen LogP contribution in [0, 0.1) is 25.6 Å². The second-order valence-corrected chi connectivity index (χ2v) is 10.6. The Morgan fingerprint density at radius 2 is 1.94 bits per heavy atom. The molecule has 1 aliphatic rings. The number of aromatic nitrogens is 2. The number of nitrogens with one attached hydrogen (secondary N) is 1. The van der Waals surface area contributed by atoms with Crippen molar-refractivity contribution in [2.24, 2.45) is 5.92 Å². The molecule has 0 aliphatic carbocycles. The van der Waals surface area contributed by atoms with E-state index in [1.807, 2.05) is 48.5 Å². The first kappa shape index (κ1) is 28.2. The van der Waals surface area contributed by atoms with E-state index in [-0.39, 0.29) is 29.1 Å². The van der Waals surface area contributed by atoms with Crippen molar-refractivity contribution in [3.05, 3.63) is 22.2 Å². The molecule has 8 nitrogen and oxygen atoms in total. The molecule has 2 aromatic heterocycles. The first-order valence-electron chi connectivity index (χ1n) is 12.5. The van der Waals surface area contributed by atoms with Crippen molar-refractivity contribution in [3.8, 4) is 5.88 Å². The highest BCUT2D eigenvalue weighted by molar-refractivity contribution is 6.30. The van der Waals surface area contributed by atoms with Gasteiger partial charge in [0.15, 0.2) is 11.0 Å². The van der Waals surface area contributed by atoms with E-state index in [0.717, 1.165) is 6.42 Å². The molecule has 3 atom stereocenters. The molecule has 0 bridgehead atoms. The molecule has 1 N–H and O–H groups in total. The highest BCUT2D eigenvalue weighted by Gasteiger charge is 2.34. The summed E-state index contributed by atoms with van der Waals surface area (Å²) in [6.07, 6.45) is -0.0648. The summed E-state index contributed by atoms with van der Waals surface area (Å²) in [6.45, 7) is 16.5. The fourth-order valence-corrected chi connectivity index (χ4v) is 4.51. The molecular weight excluding hydrogens is 487 g/mol. The molecule has 0 saturated carbocycles. The topological polar surface area (TPSA) is 85.8 Å². The standard InChI is InChI=1S/C26H38ClFN4O4/c1-9-17-12-32(25(33)36-26(6,7)8)18(13-34-10-2)11-29-23-20-19(14(3)15(4)30-23)21(28)22(27)31-24(20)35-16(17)5/h16-18H,9-13H2,1-8H3,(H,29,30). The maximum Gasteiger partial charge on any atom is 0.410 e. The second-order valence-electron chi connectivity index (χ2n) is 10.3. The van der Waals surface area contributed by atoms with Crippen molar-refractivity contribution in [1.82, 2.24) is 14.9 Å². The number of pyridine rings is 2. The molecule has 1 amide bonds. The molecule has 36 heavy (non-hydrogen) atoms. The largest absolute Gasteiger partial charge is 0.474 e. The summed E-state index contributed by atoms with van der Waals surface area (Å²) in [4.78, 5) is 24.0. The summed E-state index contributed by atoms with van der Waals surface area (Å²) in [6, 6.07) is -0.369. The lowest BCUT2D eigenvalue weighted by Gasteiger charge is -2.36. The average Bonchev–Trinajstić information content (AvgIpc) is 2.80. The third-order valence-electron chi connectivity index (χ3n) is 6.50. The molecule has 3 heterocycles. The molecule has 0 aromatic carbocycles. The van der Waals surface area contributed by atoms with E-state index in [1.54, 1.807) is 11.8 Å². The monoisotopic (exact) mass is 524 g/mol. The number of ether oxygens (including phenoxy) is 3. The number of aryl methyl sites for hydroxylation is 2. The first-order chi connectivity index (χ1) is 16.9. The van der Waals surface area contributed by atoms with Crippen molar-refractivity contribution in [2.75, 3.05) is 31.6 Å². The van der Waals surface area contributed by atoms with Crippen molar-refractivity contribution in [1.29, 1.82) is 0 Å². The van der Waals surface area contributed by atoms with Crippen molar-refractivity contribution >= 4 is 34.3 Å². The highest BCUT2D eigenvalue weighted by atomic mass is 35.5. The van der Waals surface area contributed by atoms with Crippen LogP contribution in [0.2, 0.25) is 5.15 Å². The molecule has 3 rings (SSSR count). The Labute approximate surface area is 217 Å². The van der Waals surface area contributed by atoms with Gasteiger partial charge in [0, 0.05) is 36.7 Å². The third-order valence-corrected chi connectivity index (χ3v) is 6.75. The van der Waals surface area contributed by atoms with Crippen LogP contribution in [0.4, 0.5) is 15.0 Å². The molecule has 0 fully saturated rings. The van der Waals surface area contributed by atoms with Crippen LogP contribution < -0.4 is 10.1 Å². The van der Waals surface area contributed by atoms with Crippen LogP contribution in [0.15, 0.2) is 0 Å². The predicted molar refractivity (Wildman–Crippen MR) is 140 cm³/mol. The third kappa shape index (κ3) is 6.11. The van der Waals surface area contributed by atoms with E-state index in [1.165, 1.54) is 0 Å². The van der Waals surface area contributed by atoms with Gasteiger partial charge < -0.3 is 24.4 Å². The first-order valence-corrected chi connectivity index (χ1v) is 12.9. The minimum absolute atomic E-state index is 0.0663. The van der Waals surface area contributed by atoms with Gasteiger partial charge >= 0.3 is 6.09 Å². The summed E-state index contributed by atoms with van der Waals surface area (Å²) >= 11 is 6.20. The van der Waals surface area contributed by atoms with Gasteiger partial charge in [-0.2, -0.15) is 4.98 Å². The van der Waals surface area contributed by atoms with Crippen LogP contribution in [-0.2, 0) is 9.47 Å². The van der Waals surface area contributed by atoms with Crippen LogP contribution in [0.25, 0.3) is 10.8 Å². The van der Waals surface area contributed by atoms with Gasteiger partial charge in [0.25, 0.3) is 0 Å². The van der Waals surface area contributed by atoms with E-state index in [4.69, 9.17) is 30.8 Å². The minimum atomic E-state index is -0.660. The fourth-order valence-electron chi connectivity index (χ4n) is 4.34. The summed E-state index contributed by atoms with van der Waals surface area (Å²) in [5.41, 5.74) is 0.655. The van der Waals surface area contributed by atoms with Gasteiger partial charge in [0.05, 0.1) is 18.0 Å². The molecule has 0 radical (unpaired) electrons. The van der Waals surface area contributed by atoms with Gasteiger partial charge in [-0.25, -0.2) is 14.2 Å². The Morgan fingerprint density at radius 3 is 2.56 bits per heavy atom. The SMILES string of the molecule is CCOCC1CNc2nc(C)c(C)c3c(F)c(Cl)nc(c23)OC(C)C(CC)CN1C(=O)OC(C)(C)C. The van der Waals surface area contributed by atoms with Crippen molar-refractivity contribution < 1.29 is 23.4 Å². The van der Waals surface area contributed by atoms with Crippen LogP contribution in [0.5, 0.6) is 5.88 Å². The van der Waals surface area contributed by atoms with Gasteiger partial charge in [-0.1, -0.05) is 18.5 Å². The number of nitrogens with zero attached hydrogens (tertiary/aromatic N) is 3. The average molecular weight is 525 g/mol. The number of carbonyl (C=O) groups is 1. The summed E-state index contributed by atoms with van der Waals surface area (Å²) < 4.78 is 33.1. The smallest absolute Gasteiger partial charge is 0.410 e. The number of halogens is 2. The number of hydrogen-bond acceptors (Lipinski definition) is 7. The normalized spacial score (nSPS) is 20.9. The number of anilines is 1. The molecule has 0 saturated heterocycles. The Kier molecular flexibility index (Phi) is 8.88. The van der Waals surface area contributed by atoms with Gasteiger partial charge in [-0.15, -0.1) is 0 Å². The van der Waals surface area contributed by atoms with E-state index >= 15 is 4.39 Å². The van der Waals surface area contributed by atoms with Crippen LogP contribution in [0.3, 0.4) is 0 Å². The summed E-state index contributed by atoms with van der Waals surface area (Å²) in [5, 5.41) is 3.83. The van der Waals surface area contributed by atoms with Gasteiger partial charge in [-0.05, 0) is 60.5 Å². The zero-order valence-electron chi connectivity index (χ0n) is 22.5. The van der Waals surface area contributed by atoms with Crippen molar-refractivity contribution in [2.45, 2.75) is 79.6 Å².